The molecule has 5 N–H and O–H groups in total. The Morgan fingerprint density at radius 1 is 1.08 bits per heavy atom. The highest BCUT2D eigenvalue weighted by molar-refractivity contribution is 5.96. The van der Waals surface area contributed by atoms with E-state index in [9.17, 15) is 14.4 Å². The Bertz CT molecular complexity index is 613. The van der Waals surface area contributed by atoms with Crippen LogP contribution < -0.4 is 16.4 Å². The highest BCUT2D eigenvalue weighted by Gasteiger charge is 2.24. The number of carbonyl (C=O) groups is 3. The number of hydrogen-bond donors (Lipinski definition) is 4. The highest BCUT2D eigenvalue weighted by atomic mass is 35.5. The van der Waals surface area contributed by atoms with Crippen LogP contribution in [0.5, 0.6) is 0 Å². The van der Waals surface area contributed by atoms with E-state index in [0.717, 1.165) is 25.7 Å². The normalized spacial score (nSPS) is 19.1. The molecule has 7 nitrogen and oxygen atoms in total. The molecule has 0 heterocycles. The second kappa shape index (κ2) is 10.8. The summed E-state index contributed by atoms with van der Waals surface area (Å²) in [5, 5.41) is 14.1. The molecule has 1 aromatic rings. The van der Waals surface area contributed by atoms with Crippen molar-refractivity contribution < 1.29 is 19.5 Å². The zero-order valence-corrected chi connectivity index (χ0v) is 15.4. The maximum atomic E-state index is 12.2. The van der Waals surface area contributed by atoms with Crippen LogP contribution in [0.3, 0.4) is 0 Å². The average molecular weight is 384 g/mol. The van der Waals surface area contributed by atoms with Crippen LogP contribution in [0.2, 0.25) is 0 Å². The molecule has 1 aromatic carbocycles. The average Bonchev–Trinajstić information content (AvgIpc) is 2.59. The standard InChI is InChI=1S/C18H25N3O4.ClH/c19-14-7-3-13(4-8-14)18(25)21-15-9-5-12(6-10-15)17(24)20-11-1-2-16(22)23;/h5-6,9-10,13-14H,1-4,7-8,11,19H2,(H,20,24)(H,21,25)(H,22,23);1H. The van der Waals surface area contributed by atoms with Gasteiger partial charge in [0.25, 0.3) is 5.91 Å². The first-order chi connectivity index (χ1) is 12.0. The number of anilines is 1. The fourth-order valence-corrected chi connectivity index (χ4v) is 2.87. The lowest BCUT2D eigenvalue weighted by molar-refractivity contribution is -0.137. The van der Waals surface area contributed by atoms with Gasteiger partial charge in [-0.15, -0.1) is 12.4 Å². The second-order valence-electron chi connectivity index (χ2n) is 6.43. The number of nitrogens with two attached hydrogens (primary N) is 1. The minimum atomic E-state index is -0.880. The van der Waals surface area contributed by atoms with Crippen LogP contribution in [0.1, 0.15) is 48.9 Å². The minimum absolute atomic E-state index is 0. The van der Waals surface area contributed by atoms with E-state index >= 15 is 0 Å². The van der Waals surface area contributed by atoms with Crippen LogP contribution in [0.15, 0.2) is 24.3 Å². The van der Waals surface area contributed by atoms with Gasteiger partial charge in [-0.25, -0.2) is 0 Å². The van der Waals surface area contributed by atoms with Gasteiger partial charge in [-0.2, -0.15) is 0 Å². The number of carboxylic acid groups (broad SMARTS) is 1. The molecular formula is C18H26ClN3O4. The third kappa shape index (κ3) is 7.01. The topological polar surface area (TPSA) is 122 Å². The summed E-state index contributed by atoms with van der Waals surface area (Å²) < 4.78 is 0. The van der Waals surface area contributed by atoms with Gasteiger partial charge in [-0.05, 0) is 56.4 Å². The number of nitrogens with one attached hydrogen (secondary N) is 2. The molecule has 0 unspecified atom stereocenters. The molecule has 1 aliphatic carbocycles. The summed E-state index contributed by atoms with van der Waals surface area (Å²) in [6.45, 7) is 0.313. The van der Waals surface area contributed by atoms with E-state index in [4.69, 9.17) is 10.8 Å². The molecule has 0 radical (unpaired) electrons. The van der Waals surface area contributed by atoms with Gasteiger partial charge in [0.15, 0.2) is 0 Å². The Hall–Kier alpha value is -2.12. The van der Waals surface area contributed by atoms with E-state index < -0.39 is 5.97 Å². The number of rotatable bonds is 7. The summed E-state index contributed by atoms with van der Waals surface area (Å²) in [5.41, 5.74) is 6.98. The Morgan fingerprint density at radius 3 is 2.27 bits per heavy atom. The molecule has 8 heteroatoms. The van der Waals surface area contributed by atoms with Gasteiger partial charge >= 0.3 is 5.97 Å². The molecule has 0 bridgehead atoms. The maximum absolute atomic E-state index is 12.2. The van der Waals surface area contributed by atoms with Crippen LogP contribution in [0.4, 0.5) is 5.69 Å². The number of carboxylic acids is 1. The van der Waals surface area contributed by atoms with Crippen molar-refractivity contribution in [3.05, 3.63) is 29.8 Å². The molecule has 0 spiro atoms. The largest absolute Gasteiger partial charge is 0.481 e. The third-order valence-electron chi connectivity index (χ3n) is 4.41. The van der Waals surface area contributed by atoms with Crippen molar-refractivity contribution >= 4 is 35.9 Å². The lowest BCUT2D eigenvalue weighted by Gasteiger charge is -2.25. The first-order valence-corrected chi connectivity index (χ1v) is 8.62. The predicted octanol–water partition coefficient (Wildman–Crippen LogP) is 2.16. The molecule has 1 aliphatic rings. The Labute approximate surface area is 159 Å². The van der Waals surface area contributed by atoms with Gasteiger partial charge in [-0.1, -0.05) is 0 Å². The van der Waals surface area contributed by atoms with Crippen molar-refractivity contribution in [3.8, 4) is 0 Å². The molecule has 1 saturated carbocycles. The van der Waals surface area contributed by atoms with Crippen molar-refractivity contribution in [2.75, 3.05) is 11.9 Å². The van der Waals surface area contributed by atoms with Crippen molar-refractivity contribution in [3.63, 3.8) is 0 Å². The molecule has 2 rings (SSSR count). The summed E-state index contributed by atoms with van der Waals surface area (Å²) in [4.78, 5) is 34.6. The Balaban J connectivity index is 0.00000338. The van der Waals surface area contributed by atoms with Crippen LogP contribution in [-0.4, -0.2) is 35.5 Å². The molecule has 1 fully saturated rings. The van der Waals surface area contributed by atoms with Crippen molar-refractivity contribution in [1.29, 1.82) is 0 Å². The van der Waals surface area contributed by atoms with Crippen molar-refractivity contribution in [1.82, 2.24) is 5.32 Å². The van der Waals surface area contributed by atoms with Crippen LogP contribution in [0, 0.1) is 5.92 Å². The number of benzene rings is 1. The molecule has 0 aliphatic heterocycles. The molecule has 0 aromatic heterocycles. The van der Waals surface area contributed by atoms with E-state index in [0.29, 0.717) is 24.2 Å². The first-order valence-electron chi connectivity index (χ1n) is 8.62. The van der Waals surface area contributed by atoms with E-state index in [1.165, 1.54) is 0 Å². The van der Waals surface area contributed by atoms with E-state index in [-0.39, 0.29) is 42.6 Å². The van der Waals surface area contributed by atoms with Crippen LogP contribution >= 0.6 is 12.4 Å². The predicted molar refractivity (Wildman–Crippen MR) is 101 cm³/mol. The van der Waals surface area contributed by atoms with Crippen LogP contribution in [0.25, 0.3) is 0 Å². The van der Waals surface area contributed by atoms with Gasteiger partial charge in [0.2, 0.25) is 5.91 Å². The van der Waals surface area contributed by atoms with Crippen molar-refractivity contribution in [2.45, 2.75) is 44.6 Å². The van der Waals surface area contributed by atoms with Gasteiger partial charge in [0.05, 0.1) is 0 Å². The van der Waals surface area contributed by atoms with E-state index in [1.807, 2.05) is 0 Å². The third-order valence-corrected chi connectivity index (χ3v) is 4.41. The number of aliphatic carboxylic acids is 1. The lowest BCUT2D eigenvalue weighted by Crippen LogP contribution is -2.32. The lowest BCUT2D eigenvalue weighted by atomic mass is 9.86. The van der Waals surface area contributed by atoms with E-state index in [2.05, 4.69) is 10.6 Å². The smallest absolute Gasteiger partial charge is 0.303 e. The number of amides is 2. The van der Waals surface area contributed by atoms with Gasteiger partial charge in [0.1, 0.15) is 0 Å². The summed E-state index contributed by atoms with van der Waals surface area (Å²) in [6, 6.07) is 6.87. The van der Waals surface area contributed by atoms with Gasteiger partial charge in [-0.3, -0.25) is 14.4 Å². The Kier molecular flexibility index (Phi) is 9.09. The minimum Gasteiger partial charge on any atom is -0.481 e. The molecule has 0 saturated heterocycles. The summed E-state index contributed by atoms with van der Waals surface area (Å²) in [6.07, 6.45) is 3.78. The monoisotopic (exact) mass is 383 g/mol. The Morgan fingerprint density at radius 2 is 1.69 bits per heavy atom. The van der Waals surface area contributed by atoms with Gasteiger partial charge < -0.3 is 21.5 Å². The fourth-order valence-electron chi connectivity index (χ4n) is 2.87. The second-order valence-corrected chi connectivity index (χ2v) is 6.43. The maximum Gasteiger partial charge on any atom is 0.303 e. The number of hydrogen-bond acceptors (Lipinski definition) is 4. The molecule has 144 valence electrons. The van der Waals surface area contributed by atoms with Gasteiger partial charge in [0, 0.05) is 36.2 Å². The summed E-state index contributed by atoms with van der Waals surface area (Å²) in [7, 11) is 0. The highest BCUT2D eigenvalue weighted by Crippen LogP contribution is 2.24. The number of carbonyl (C=O) groups excluding carboxylic acids is 2. The molecule has 26 heavy (non-hydrogen) atoms. The number of halogens is 1. The molecule has 0 atom stereocenters. The summed E-state index contributed by atoms with van der Waals surface area (Å²) in [5.74, 6) is -1.14. The fraction of sp³-hybridized carbons (Fsp3) is 0.500. The summed E-state index contributed by atoms with van der Waals surface area (Å²) >= 11 is 0. The SMILES string of the molecule is Cl.NC1CCC(C(=O)Nc2ccc(C(=O)NCCCC(=O)O)cc2)CC1. The van der Waals surface area contributed by atoms with Crippen molar-refractivity contribution in [2.24, 2.45) is 11.7 Å². The van der Waals surface area contributed by atoms with Crippen LogP contribution in [-0.2, 0) is 9.59 Å². The molecular weight excluding hydrogens is 358 g/mol. The zero-order valence-electron chi connectivity index (χ0n) is 14.6. The zero-order chi connectivity index (χ0) is 18.2. The van der Waals surface area contributed by atoms with E-state index in [1.54, 1.807) is 24.3 Å². The first kappa shape index (κ1) is 21.9. The quantitative estimate of drug-likeness (QED) is 0.537. The molecule has 2 amide bonds.